The normalized spacial score (nSPS) is 33.8. The van der Waals surface area contributed by atoms with Crippen molar-refractivity contribution >= 4 is 23.3 Å². The molecule has 0 aromatic heterocycles. The first-order valence-electron chi connectivity index (χ1n) is 12.5. The summed E-state index contributed by atoms with van der Waals surface area (Å²) >= 11 is 6.41. The summed E-state index contributed by atoms with van der Waals surface area (Å²) in [5.74, 6) is 0.954. The zero-order chi connectivity index (χ0) is 23.8. The Hall–Kier alpha value is -1.56. The van der Waals surface area contributed by atoms with Crippen LogP contribution in [0.15, 0.2) is 35.9 Å². The third-order valence-electron chi connectivity index (χ3n) is 8.44. The van der Waals surface area contributed by atoms with Crippen molar-refractivity contribution in [1.82, 2.24) is 4.90 Å². The Kier molecular flexibility index (Phi) is 7.42. The fraction of sp³-hybridized carbons (Fsp3) is 0.667. The number of aliphatic hydroxyl groups is 1. The monoisotopic (exact) mass is 474 g/mol. The van der Waals surface area contributed by atoms with E-state index in [1.165, 1.54) is 6.92 Å². The van der Waals surface area contributed by atoms with Crippen molar-refractivity contribution in [2.45, 2.75) is 58.7 Å². The smallest absolute Gasteiger partial charge is 0.303 e. The average Bonchev–Trinajstić information content (AvgIpc) is 2.77. The number of nitrogens with zero attached hydrogens (tertiary/aromatic N) is 2. The van der Waals surface area contributed by atoms with Crippen LogP contribution in [-0.4, -0.2) is 60.4 Å². The molecule has 6 atom stereocenters. The van der Waals surface area contributed by atoms with Gasteiger partial charge >= 0.3 is 5.97 Å². The van der Waals surface area contributed by atoms with Crippen LogP contribution in [0.1, 0.15) is 47.0 Å². The van der Waals surface area contributed by atoms with Crippen molar-refractivity contribution in [2.75, 3.05) is 37.6 Å². The van der Waals surface area contributed by atoms with Gasteiger partial charge in [0.2, 0.25) is 0 Å². The minimum Gasteiger partial charge on any atom is -0.458 e. The Morgan fingerprint density at radius 3 is 2.61 bits per heavy atom. The van der Waals surface area contributed by atoms with Gasteiger partial charge in [-0.1, -0.05) is 43.7 Å². The zero-order valence-corrected chi connectivity index (χ0v) is 21.2. The highest BCUT2D eigenvalue weighted by Crippen LogP contribution is 2.51. The molecule has 1 N–H and O–H groups in total. The topological polar surface area (TPSA) is 53.0 Å². The molecule has 1 unspecified atom stereocenters. The number of esters is 1. The number of piperazine rings is 1. The Bertz CT molecular complexity index is 882. The molecule has 0 bridgehead atoms. The number of anilines is 1. The Balaban J connectivity index is 1.41. The summed E-state index contributed by atoms with van der Waals surface area (Å²) in [5, 5.41) is 12.6. The van der Waals surface area contributed by atoms with Crippen molar-refractivity contribution in [2.24, 2.45) is 23.7 Å². The number of hydrogen-bond acceptors (Lipinski definition) is 5. The molecule has 6 heteroatoms. The highest BCUT2D eigenvalue weighted by molar-refractivity contribution is 6.33. The first-order valence-corrected chi connectivity index (χ1v) is 12.9. The molecule has 0 amide bonds. The SMILES string of the molecule is CC(=O)O[C@@H]1C[C@@]2(O)[C@H](C)CC[C@@H](C(C)CN3CCN(c4ccccc4Cl)CC3)[C@H]2C=C1C. The van der Waals surface area contributed by atoms with E-state index >= 15 is 0 Å². The van der Waals surface area contributed by atoms with Gasteiger partial charge in [-0.2, -0.15) is 0 Å². The maximum absolute atomic E-state index is 11.8. The second-order valence-corrected chi connectivity index (χ2v) is 11.0. The maximum Gasteiger partial charge on any atom is 0.303 e. The quantitative estimate of drug-likeness (QED) is 0.492. The van der Waals surface area contributed by atoms with Crippen LogP contribution < -0.4 is 4.90 Å². The van der Waals surface area contributed by atoms with Crippen LogP contribution in [0.3, 0.4) is 0 Å². The van der Waals surface area contributed by atoms with E-state index in [-0.39, 0.29) is 23.9 Å². The largest absolute Gasteiger partial charge is 0.458 e. The predicted molar refractivity (Wildman–Crippen MR) is 134 cm³/mol. The molecule has 1 saturated heterocycles. The van der Waals surface area contributed by atoms with E-state index in [0.717, 1.165) is 61.8 Å². The number of carbonyl (C=O) groups is 1. The van der Waals surface area contributed by atoms with Crippen molar-refractivity contribution in [3.8, 4) is 0 Å². The molecule has 0 spiro atoms. The number of fused-ring (bicyclic) bond motifs is 1. The van der Waals surface area contributed by atoms with Crippen LogP contribution in [0.25, 0.3) is 0 Å². The summed E-state index contributed by atoms with van der Waals surface area (Å²) in [6.07, 6.45) is 4.58. The molecule has 33 heavy (non-hydrogen) atoms. The minimum absolute atomic E-state index is 0.118. The van der Waals surface area contributed by atoms with Gasteiger partial charge < -0.3 is 14.7 Å². The summed E-state index contributed by atoms with van der Waals surface area (Å²) in [7, 11) is 0. The third-order valence-corrected chi connectivity index (χ3v) is 8.76. The van der Waals surface area contributed by atoms with E-state index in [2.05, 4.69) is 35.8 Å². The molecule has 1 saturated carbocycles. The van der Waals surface area contributed by atoms with Gasteiger partial charge in [-0.25, -0.2) is 0 Å². The van der Waals surface area contributed by atoms with Gasteiger partial charge in [0.15, 0.2) is 0 Å². The number of carbonyl (C=O) groups excluding carboxylic acids is 1. The molecular weight excluding hydrogens is 436 g/mol. The lowest BCUT2D eigenvalue weighted by Crippen LogP contribution is -2.56. The van der Waals surface area contributed by atoms with Crippen molar-refractivity contribution < 1.29 is 14.6 Å². The molecule has 2 aliphatic carbocycles. The zero-order valence-electron chi connectivity index (χ0n) is 20.5. The number of halogens is 1. The summed E-state index contributed by atoms with van der Waals surface area (Å²) in [6.45, 7) is 13.1. The number of hydrogen-bond donors (Lipinski definition) is 1. The third kappa shape index (κ3) is 5.11. The van der Waals surface area contributed by atoms with Crippen LogP contribution in [0.5, 0.6) is 0 Å². The molecule has 1 aliphatic heterocycles. The summed E-state index contributed by atoms with van der Waals surface area (Å²) in [5.41, 5.74) is 1.41. The van der Waals surface area contributed by atoms with Crippen molar-refractivity contribution in [1.29, 1.82) is 0 Å². The molecule has 1 aromatic rings. The minimum atomic E-state index is -0.806. The van der Waals surface area contributed by atoms with Gasteiger partial charge in [0.25, 0.3) is 0 Å². The Labute approximate surface area is 203 Å². The average molecular weight is 475 g/mol. The predicted octanol–water partition coefficient (Wildman–Crippen LogP) is 4.77. The highest BCUT2D eigenvalue weighted by atomic mass is 35.5. The van der Waals surface area contributed by atoms with Crippen molar-refractivity contribution in [3.05, 3.63) is 40.9 Å². The second-order valence-electron chi connectivity index (χ2n) is 10.6. The van der Waals surface area contributed by atoms with E-state index in [4.69, 9.17) is 16.3 Å². The second kappa shape index (κ2) is 9.97. The number of ether oxygens (including phenoxy) is 1. The Morgan fingerprint density at radius 1 is 1.24 bits per heavy atom. The number of para-hydroxylation sites is 1. The summed E-state index contributed by atoms with van der Waals surface area (Å²) in [6, 6.07) is 8.09. The standard InChI is InChI=1S/C27H39ClN2O3/c1-18-15-23-22(10-9-20(3)27(23,32)16-26(18)33-21(4)31)19(2)17-29-11-13-30(14-12-29)25-8-6-5-7-24(25)28/h5-8,15,19-20,22-23,26,32H,9-14,16-17H2,1-4H3/t19?,20-,22+,23-,26-,27-/m1/s1. The summed E-state index contributed by atoms with van der Waals surface area (Å²) in [4.78, 5) is 16.5. The fourth-order valence-corrected chi connectivity index (χ4v) is 6.68. The van der Waals surface area contributed by atoms with Gasteiger partial charge in [-0.3, -0.25) is 9.69 Å². The molecule has 5 nitrogen and oxygen atoms in total. The van der Waals surface area contributed by atoms with E-state index in [9.17, 15) is 9.90 Å². The molecule has 1 heterocycles. The lowest BCUT2D eigenvalue weighted by molar-refractivity contribution is -0.159. The first-order chi connectivity index (χ1) is 15.7. The van der Waals surface area contributed by atoms with Crippen LogP contribution in [-0.2, 0) is 9.53 Å². The molecule has 3 aliphatic rings. The van der Waals surface area contributed by atoms with Gasteiger partial charge in [0.05, 0.1) is 16.3 Å². The molecule has 1 aromatic carbocycles. The van der Waals surface area contributed by atoms with Crippen LogP contribution in [0.2, 0.25) is 5.02 Å². The number of benzene rings is 1. The molecular formula is C27H39ClN2O3. The van der Waals surface area contributed by atoms with Gasteiger partial charge in [0, 0.05) is 52.0 Å². The van der Waals surface area contributed by atoms with E-state index in [0.29, 0.717) is 18.3 Å². The van der Waals surface area contributed by atoms with Crippen LogP contribution in [0, 0.1) is 23.7 Å². The molecule has 4 rings (SSSR count). The highest BCUT2D eigenvalue weighted by Gasteiger charge is 2.52. The lowest BCUT2D eigenvalue weighted by Gasteiger charge is -2.53. The number of rotatable bonds is 5. The summed E-state index contributed by atoms with van der Waals surface area (Å²) < 4.78 is 5.55. The molecule has 182 valence electrons. The van der Waals surface area contributed by atoms with Crippen molar-refractivity contribution in [3.63, 3.8) is 0 Å². The van der Waals surface area contributed by atoms with Crippen LogP contribution in [0.4, 0.5) is 5.69 Å². The van der Waals surface area contributed by atoms with E-state index in [1.807, 2.05) is 25.1 Å². The van der Waals surface area contributed by atoms with E-state index in [1.54, 1.807) is 0 Å². The van der Waals surface area contributed by atoms with Gasteiger partial charge in [0.1, 0.15) is 6.10 Å². The van der Waals surface area contributed by atoms with Crippen LogP contribution >= 0.6 is 11.6 Å². The molecule has 0 radical (unpaired) electrons. The molecule has 2 fully saturated rings. The lowest BCUT2D eigenvalue weighted by atomic mass is 9.57. The van der Waals surface area contributed by atoms with E-state index < -0.39 is 5.60 Å². The fourth-order valence-electron chi connectivity index (χ4n) is 6.42. The first kappa shape index (κ1) is 24.6. The van der Waals surface area contributed by atoms with Gasteiger partial charge in [-0.05, 0) is 55.2 Å². The maximum atomic E-state index is 11.8. The van der Waals surface area contributed by atoms with Gasteiger partial charge in [-0.15, -0.1) is 0 Å². The Morgan fingerprint density at radius 2 is 1.94 bits per heavy atom.